The van der Waals surface area contributed by atoms with Gasteiger partial charge in [0.25, 0.3) is 0 Å². The van der Waals surface area contributed by atoms with Gasteiger partial charge in [-0.3, -0.25) is 0 Å². The van der Waals surface area contributed by atoms with Crippen LogP contribution < -0.4 is 4.46 Å². The fourth-order valence-electron chi connectivity index (χ4n) is 2.84. The fourth-order valence-corrected chi connectivity index (χ4v) is 4.64. The number of benzene rings is 1. The van der Waals surface area contributed by atoms with Gasteiger partial charge in [0.2, 0.25) is 0 Å². The third kappa shape index (κ3) is 11.1. The molecular formula is C22H36OSe. The first-order valence-corrected chi connectivity index (χ1v) is 11.6. The van der Waals surface area contributed by atoms with Crippen LogP contribution in [0.4, 0.5) is 0 Å². The average molecular weight is 395 g/mol. The van der Waals surface area contributed by atoms with Crippen LogP contribution >= 0.6 is 0 Å². The Labute approximate surface area is 156 Å². The van der Waals surface area contributed by atoms with Gasteiger partial charge in [-0.2, -0.15) is 0 Å². The standard InChI is InChI=1S/C22H36OSe/c1-20(19-24-22-17-13-12-16-21(22)2)15-11-9-7-5-3-4-6-8-10-14-18-23/h12-13,16-17,19,23H,3-11,14-15,18H2,1-2H3/b20-19+. The minimum atomic E-state index is 0.361. The van der Waals surface area contributed by atoms with Crippen LogP contribution in [0.1, 0.15) is 83.1 Å². The molecule has 0 aliphatic rings. The zero-order valence-electron chi connectivity index (χ0n) is 15.7. The molecule has 0 spiro atoms. The summed E-state index contributed by atoms with van der Waals surface area (Å²) in [6, 6.07) is 8.76. The molecule has 0 unspecified atom stereocenters. The molecule has 0 saturated heterocycles. The smallest absolute Gasteiger partial charge is 0.396 e. The number of unbranched alkanes of at least 4 members (excludes halogenated alkanes) is 9. The van der Waals surface area contributed by atoms with E-state index in [9.17, 15) is 0 Å². The van der Waals surface area contributed by atoms with Crippen molar-refractivity contribution < 1.29 is 5.11 Å². The first-order chi connectivity index (χ1) is 11.7. The van der Waals surface area contributed by atoms with Crippen molar-refractivity contribution >= 4 is 19.4 Å². The minimum absolute atomic E-state index is 0.361. The molecule has 0 aromatic heterocycles. The third-order valence-electron chi connectivity index (χ3n) is 4.46. The summed E-state index contributed by atoms with van der Waals surface area (Å²) >= 11 is 0.492. The van der Waals surface area contributed by atoms with Crippen molar-refractivity contribution in [2.24, 2.45) is 0 Å². The van der Waals surface area contributed by atoms with E-state index in [4.69, 9.17) is 5.11 Å². The normalized spacial score (nSPS) is 11.9. The molecule has 0 atom stereocenters. The topological polar surface area (TPSA) is 20.2 Å². The maximum atomic E-state index is 8.73. The quantitative estimate of drug-likeness (QED) is 0.325. The Balaban J connectivity index is 1.97. The fraction of sp³-hybridized carbons (Fsp3) is 0.636. The van der Waals surface area contributed by atoms with Gasteiger partial charge in [0.15, 0.2) is 0 Å². The molecule has 1 aromatic rings. The molecule has 1 nitrogen and oxygen atoms in total. The van der Waals surface area contributed by atoms with Crippen LogP contribution in [0.15, 0.2) is 34.8 Å². The van der Waals surface area contributed by atoms with Crippen LogP contribution in [0.25, 0.3) is 0 Å². The number of aryl methyl sites for hydroxylation is 1. The maximum absolute atomic E-state index is 8.73. The Hall–Kier alpha value is -0.561. The molecule has 0 heterocycles. The van der Waals surface area contributed by atoms with Gasteiger partial charge < -0.3 is 5.11 Å². The Morgan fingerprint density at radius 2 is 1.42 bits per heavy atom. The summed E-state index contributed by atoms with van der Waals surface area (Å²) in [5.74, 6) is 0. The molecule has 0 aliphatic heterocycles. The van der Waals surface area contributed by atoms with Crippen molar-refractivity contribution in [1.29, 1.82) is 0 Å². The summed E-state index contributed by atoms with van der Waals surface area (Å²) < 4.78 is 1.52. The van der Waals surface area contributed by atoms with E-state index in [1.54, 1.807) is 5.57 Å². The van der Waals surface area contributed by atoms with E-state index in [2.05, 4.69) is 43.1 Å². The molecule has 0 amide bonds. The molecular weight excluding hydrogens is 359 g/mol. The second kappa shape index (κ2) is 14.8. The van der Waals surface area contributed by atoms with E-state index >= 15 is 0 Å². The monoisotopic (exact) mass is 396 g/mol. The predicted molar refractivity (Wildman–Crippen MR) is 108 cm³/mol. The molecule has 1 N–H and O–H groups in total. The summed E-state index contributed by atoms with van der Waals surface area (Å²) in [6.07, 6.45) is 14.4. The van der Waals surface area contributed by atoms with E-state index in [0.717, 1.165) is 6.42 Å². The molecule has 24 heavy (non-hydrogen) atoms. The van der Waals surface area contributed by atoms with Crippen LogP contribution in [0, 0.1) is 6.92 Å². The van der Waals surface area contributed by atoms with E-state index in [1.165, 1.54) is 74.2 Å². The molecule has 1 aromatic carbocycles. The van der Waals surface area contributed by atoms with E-state index in [1.807, 2.05) is 0 Å². The summed E-state index contributed by atoms with van der Waals surface area (Å²) in [7, 11) is 0. The Bertz CT molecular complexity index is 453. The first-order valence-electron chi connectivity index (χ1n) is 9.73. The number of allylic oxidation sites excluding steroid dienone is 1. The minimum Gasteiger partial charge on any atom is -0.396 e. The molecule has 0 fully saturated rings. The number of aliphatic hydroxyl groups is 1. The second-order valence-electron chi connectivity index (χ2n) is 6.86. The van der Waals surface area contributed by atoms with Gasteiger partial charge in [-0.1, -0.05) is 0 Å². The summed E-state index contributed by atoms with van der Waals surface area (Å²) in [6.45, 7) is 4.87. The third-order valence-corrected chi connectivity index (χ3v) is 7.05. The molecule has 0 saturated carbocycles. The van der Waals surface area contributed by atoms with Gasteiger partial charge in [0.05, 0.1) is 0 Å². The second-order valence-corrected chi connectivity index (χ2v) is 8.77. The van der Waals surface area contributed by atoms with Crippen LogP contribution in [-0.4, -0.2) is 26.7 Å². The van der Waals surface area contributed by atoms with Crippen molar-refractivity contribution in [3.8, 4) is 0 Å². The van der Waals surface area contributed by atoms with Crippen molar-refractivity contribution in [3.05, 3.63) is 40.4 Å². The van der Waals surface area contributed by atoms with Crippen molar-refractivity contribution in [2.45, 2.75) is 84.5 Å². The Morgan fingerprint density at radius 3 is 2.00 bits per heavy atom. The summed E-state index contributed by atoms with van der Waals surface area (Å²) in [5, 5.41) is 8.73. The SMILES string of the molecule is C/C(=C\[Se]c1ccccc1C)CCCCCCCCCCCCO. The van der Waals surface area contributed by atoms with Crippen LogP contribution in [-0.2, 0) is 0 Å². The summed E-state index contributed by atoms with van der Waals surface area (Å²) in [5.41, 5.74) is 3.00. The average Bonchev–Trinajstić information content (AvgIpc) is 2.59. The number of hydrogen-bond acceptors (Lipinski definition) is 1. The van der Waals surface area contributed by atoms with E-state index < -0.39 is 0 Å². The van der Waals surface area contributed by atoms with Gasteiger partial charge in [0.1, 0.15) is 0 Å². The van der Waals surface area contributed by atoms with Gasteiger partial charge in [-0.05, 0) is 6.42 Å². The molecule has 0 radical (unpaired) electrons. The zero-order valence-corrected chi connectivity index (χ0v) is 17.4. The predicted octanol–water partition coefficient (Wildman–Crippen LogP) is 5.51. The number of aliphatic hydroxyl groups excluding tert-OH is 1. The zero-order chi connectivity index (χ0) is 17.5. The van der Waals surface area contributed by atoms with Gasteiger partial charge in [-0.25, -0.2) is 0 Å². The van der Waals surface area contributed by atoms with Crippen molar-refractivity contribution in [2.75, 3.05) is 6.61 Å². The van der Waals surface area contributed by atoms with Crippen molar-refractivity contribution in [3.63, 3.8) is 0 Å². The molecule has 1 rings (SSSR count). The van der Waals surface area contributed by atoms with Gasteiger partial charge >= 0.3 is 138 Å². The summed E-state index contributed by atoms with van der Waals surface area (Å²) in [4.78, 5) is 2.47. The molecule has 0 bridgehead atoms. The Morgan fingerprint density at radius 1 is 0.875 bits per heavy atom. The van der Waals surface area contributed by atoms with Crippen LogP contribution in [0.5, 0.6) is 0 Å². The Kier molecular flexibility index (Phi) is 13.2. The van der Waals surface area contributed by atoms with Gasteiger partial charge in [-0.15, -0.1) is 0 Å². The van der Waals surface area contributed by atoms with Crippen molar-refractivity contribution in [1.82, 2.24) is 0 Å². The number of hydrogen-bond donors (Lipinski definition) is 1. The van der Waals surface area contributed by atoms with E-state index in [0.29, 0.717) is 21.6 Å². The molecule has 2 heteroatoms. The molecule has 136 valence electrons. The first kappa shape index (κ1) is 21.5. The van der Waals surface area contributed by atoms with Crippen LogP contribution in [0.3, 0.4) is 0 Å². The molecule has 0 aliphatic carbocycles. The number of rotatable bonds is 14. The van der Waals surface area contributed by atoms with Crippen LogP contribution in [0.2, 0.25) is 0 Å². The van der Waals surface area contributed by atoms with E-state index in [-0.39, 0.29) is 0 Å². The van der Waals surface area contributed by atoms with Gasteiger partial charge in [0, 0.05) is 6.61 Å².